The van der Waals surface area contributed by atoms with E-state index in [1.807, 2.05) is 13.8 Å². The second kappa shape index (κ2) is 4.14. The van der Waals surface area contributed by atoms with Crippen molar-refractivity contribution >= 4 is 28.6 Å². The molecule has 2 aliphatic rings. The van der Waals surface area contributed by atoms with Gasteiger partial charge < -0.3 is 5.11 Å². The normalized spacial score (nSPS) is 31.0. The van der Waals surface area contributed by atoms with E-state index in [-0.39, 0.29) is 12.5 Å². The van der Waals surface area contributed by atoms with Crippen LogP contribution in [0.25, 0.3) is 0 Å². The lowest BCUT2D eigenvalue weighted by Gasteiger charge is -2.31. The number of hydrogen-bond acceptors (Lipinski definition) is 4. The first kappa shape index (κ1) is 12.1. The predicted molar refractivity (Wildman–Crippen MR) is 66.4 cm³/mol. The van der Waals surface area contributed by atoms with Crippen LogP contribution in [0.1, 0.15) is 26.7 Å². The minimum absolute atomic E-state index is 0.00560. The lowest BCUT2D eigenvalue weighted by Crippen LogP contribution is -2.44. The van der Waals surface area contributed by atoms with E-state index in [2.05, 4.69) is 10.1 Å². The fraction of sp³-hybridized carbons (Fsp3) is 0.545. The van der Waals surface area contributed by atoms with E-state index < -0.39 is 11.5 Å². The third kappa shape index (κ3) is 1.95. The topological polar surface area (TPSA) is 65.3 Å². The maximum absolute atomic E-state index is 11.0. The lowest BCUT2D eigenvalue weighted by atomic mass is 9.86. The van der Waals surface area contributed by atoms with E-state index in [0.717, 1.165) is 0 Å². The van der Waals surface area contributed by atoms with E-state index in [4.69, 9.17) is 16.7 Å². The molecule has 2 rings (SSSR count). The van der Waals surface area contributed by atoms with Gasteiger partial charge in [-0.3, -0.25) is 9.79 Å². The van der Waals surface area contributed by atoms with Crippen molar-refractivity contribution in [3.63, 3.8) is 0 Å². The molecule has 0 radical (unpaired) electrons. The van der Waals surface area contributed by atoms with Gasteiger partial charge in [-0.25, -0.2) is 5.01 Å². The summed E-state index contributed by atoms with van der Waals surface area (Å²) in [7, 11) is 0. The van der Waals surface area contributed by atoms with E-state index in [1.54, 1.807) is 17.2 Å². The summed E-state index contributed by atoms with van der Waals surface area (Å²) in [5, 5.41) is 15.3. The van der Waals surface area contributed by atoms with Crippen LogP contribution < -0.4 is 0 Å². The van der Waals surface area contributed by atoms with Crippen molar-refractivity contribution in [3.8, 4) is 0 Å². The van der Waals surface area contributed by atoms with E-state index in [1.165, 1.54) is 0 Å². The van der Waals surface area contributed by atoms with E-state index in [9.17, 15) is 4.79 Å². The summed E-state index contributed by atoms with van der Waals surface area (Å²) < 4.78 is 0. The van der Waals surface area contributed by atoms with Crippen molar-refractivity contribution in [1.82, 2.24) is 5.01 Å². The fourth-order valence-electron chi connectivity index (χ4n) is 2.28. The van der Waals surface area contributed by atoms with Crippen LogP contribution in [0.3, 0.4) is 0 Å². The van der Waals surface area contributed by atoms with Gasteiger partial charge >= 0.3 is 5.97 Å². The van der Waals surface area contributed by atoms with Crippen LogP contribution in [0.15, 0.2) is 22.2 Å². The van der Waals surface area contributed by atoms with Crippen LogP contribution in [0, 0.1) is 0 Å². The first-order valence-corrected chi connectivity index (χ1v) is 5.89. The maximum atomic E-state index is 11.0. The molecular weight excluding hydrogens is 242 g/mol. The van der Waals surface area contributed by atoms with Gasteiger partial charge in [0, 0.05) is 0 Å². The third-order valence-corrected chi connectivity index (χ3v) is 3.56. The minimum Gasteiger partial charge on any atom is -0.481 e. The smallest absolute Gasteiger partial charge is 0.305 e. The second-order valence-corrected chi connectivity index (χ2v) is 4.66. The van der Waals surface area contributed by atoms with Crippen LogP contribution in [-0.4, -0.2) is 38.7 Å². The molecule has 0 saturated carbocycles. The quantitative estimate of drug-likeness (QED) is 0.837. The Bertz CT molecular complexity index is 444. The molecule has 1 N–H and O–H groups in total. The minimum atomic E-state index is -0.845. The van der Waals surface area contributed by atoms with Gasteiger partial charge in [-0.15, -0.1) is 0 Å². The first-order valence-electron chi connectivity index (χ1n) is 5.51. The van der Waals surface area contributed by atoms with Crippen molar-refractivity contribution in [2.45, 2.75) is 38.3 Å². The van der Waals surface area contributed by atoms with Gasteiger partial charge in [-0.1, -0.05) is 18.5 Å². The van der Waals surface area contributed by atoms with Gasteiger partial charge in [0.25, 0.3) is 0 Å². The summed E-state index contributed by atoms with van der Waals surface area (Å²) in [5.41, 5.74) is -0.615. The van der Waals surface area contributed by atoms with Crippen molar-refractivity contribution < 1.29 is 9.90 Å². The van der Waals surface area contributed by atoms with Gasteiger partial charge in [-0.2, -0.15) is 5.10 Å². The average Bonchev–Trinajstić information content (AvgIpc) is 2.53. The molecule has 0 aliphatic carbocycles. The summed E-state index contributed by atoms with van der Waals surface area (Å²) >= 11 is 5.84. The van der Waals surface area contributed by atoms with E-state index >= 15 is 0 Å². The number of halogens is 1. The molecule has 2 heterocycles. The van der Waals surface area contributed by atoms with Crippen molar-refractivity contribution in [2.75, 3.05) is 0 Å². The third-order valence-electron chi connectivity index (χ3n) is 3.36. The number of fused-ring (bicyclic) bond motifs is 1. The Morgan fingerprint density at radius 2 is 2.35 bits per heavy atom. The van der Waals surface area contributed by atoms with Crippen LogP contribution in [0.2, 0.25) is 0 Å². The number of hydrogen-bond donors (Lipinski definition) is 1. The van der Waals surface area contributed by atoms with Gasteiger partial charge in [0.2, 0.25) is 0 Å². The lowest BCUT2D eigenvalue weighted by molar-refractivity contribution is -0.138. The number of rotatable bonds is 3. The first-order chi connectivity index (χ1) is 7.98. The number of amidine groups is 1. The molecule has 0 spiro atoms. The molecular formula is C11H14ClN3O2. The summed E-state index contributed by atoms with van der Waals surface area (Å²) in [5.74, 6) is -0.160. The Labute approximate surface area is 104 Å². The molecule has 0 aromatic rings. The highest BCUT2D eigenvalue weighted by atomic mass is 35.5. The monoisotopic (exact) mass is 255 g/mol. The number of hydrazone groups is 1. The number of aliphatic carboxylic acids is 1. The fourth-order valence-corrected chi connectivity index (χ4v) is 2.42. The van der Waals surface area contributed by atoms with Crippen LogP contribution in [0.4, 0.5) is 0 Å². The number of allylic oxidation sites excluding steroid dienone is 1. The molecule has 17 heavy (non-hydrogen) atoms. The highest BCUT2D eigenvalue weighted by molar-refractivity contribution is 6.68. The molecule has 0 bridgehead atoms. The molecule has 92 valence electrons. The number of carbonyl (C=O) groups is 1. The van der Waals surface area contributed by atoms with Gasteiger partial charge in [0.05, 0.1) is 18.0 Å². The second-order valence-electron chi connectivity index (χ2n) is 4.27. The van der Waals surface area contributed by atoms with Gasteiger partial charge in [0.15, 0.2) is 0 Å². The highest BCUT2D eigenvalue weighted by Gasteiger charge is 2.46. The van der Waals surface area contributed by atoms with Crippen LogP contribution >= 0.6 is 11.6 Å². The number of nitrogens with zero attached hydrogens (tertiary/aromatic N) is 3. The summed E-state index contributed by atoms with van der Waals surface area (Å²) in [4.78, 5) is 15.5. The Hall–Kier alpha value is -1.36. The predicted octanol–water partition coefficient (Wildman–Crippen LogP) is 1.83. The number of carboxylic acid groups (broad SMARTS) is 1. The zero-order valence-electron chi connectivity index (χ0n) is 9.72. The van der Waals surface area contributed by atoms with Crippen molar-refractivity contribution in [2.24, 2.45) is 10.1 Å². The molecule has 5 nitrogen and oxygen atoms in total. The summed E-state index contributed by atoms with van der Waals surface area (Å²) in [6.45, 7) is 3.87. The van der Waals surface area contributed by atoms with Crippen LogP contribution in [0.5, 0.6) is 0 Å². The molecule has 0 amide bonds. The molecule has 2 unspecified atom stereocenters. The maximum Gasteiger partial charge on any atom is 0.305 e. The Morgan fingerprint density at radius 3 is 2.94 bits per heavy atom. The molecule has 0 aromatic heterocycles. The molecule has 0 aromatic carbocycles. The van der Waals surface area contributed by atoms with E-state index in [0.29, 0.717) is 17.4 Å². The molecule has 0 saturated heterocycles. The van der Waals surface area contributed by atoms with Gasteiger partial charge in [-0.05, 0) is 25.5 Å². The Balaban J connectivity index is 2.36. The van der Waals surface area contributed by atoms with Crippen molar-refractivity contribution in [1.29, 1.82) is 0 Å². The molecule has 6 heteroatoms. The zero-order chi connectivity index (χ0) is 12.6. The van der Waals surface area contributed by atoms with Gasteiger partial charge in [0.1, 0.15) is 11.0 Å². The van der Waals surface area contributed by atoms with Crippen molar-refractivity contribution in [3.05, 3.63) is 12.2 Å². The summed E-state index contributed by atoms with van der Waals surface area (Å²) in [6.07, 6.45) is 4.09. The largest absolute Gasteiger partial charge is 0.481 e. The molecule has 0 fully saturated rings. The standard InChI is InChI=1S/C11H14ClN3O2/c1-3-11(6-10(16)17)7(2)15-9(13-11)5-4-8(12)14-15/h4-5,7H,3,6H2,1-2H3,(H,16,17). The average molecular weight is 256 g/mol. The SMILES string of the molecule is CCC1(CC(=O)O)N=C2C=CC(Cl)=NN2C1C. The Morgan fingerprint density at radius 1 is 1.65 bits per heavy atom. The zero-order valence-corrected chi connectivity index (χ0v) is 10.5. The summed E-state index contributed by atoms with van der Waals surface area (Å²) in [6, 6.07) is -0.0997. The number of aliphatic imine (C=N–C) groups is 1. The Kier molecular flexibility index (Phi) is 2.95. The molecule has 2 atom stereocenters. The molecule has 2 aliphatic heterocycles. The number of carboxylic acids is 1. The highest BCUT2D eigenvalue weighted by Crippen LogP contribution is 2.36. The van der Waals surface area contributed by atoms with Crippen LogP contribution in [-0.2, 0) is 4.79 Å².